The zero-order valence-electron chi connectivity index (χ0n) is 11.6. The predicted octanol–water partition coefficient (Wildman–Crippen LogP) is 0.887. The summed E-state index contributed by atoms with van der Waals surface area (Å²) in [7, 11) is -1.83. The number of esters is 2. The van der Waals surface area contributed by atoms with Gasteiger partial charge in [0, 0.05) is 6.42 Å². The van der Waals surface area contributed by atoms with Crippen LogP contribution in [0.4, 0.5) is 0 Å². The second-order valence-electron chi connectivity index (χ2n) is 3.99. The van der Waals surface area contributed by atoms with Gasteiger partial charge in [0.1, 0.15) is 0 Å². The summed E-state index contributed by atoms with van der Waals surface area (Å²) in [4.78, 5) is 22.6. The van der Waals surface area contributed by atoms with E-state index in [1.54, 1.807) is 6.07 Å². The fourth-order valence-electron chi connectivity index (χ4n) is 1.48. The van der Waals surface area contributed by atoms with Crippen LogP contribution in [0.25, 0.3) is 0 Å². The molecule has 1 unspecified atom stereocenters. The Morgan fingerprint density at radius 3 is 2.24 bits per heavy atom. The summed E-state index contributed by atoms with van der Waals surface area (Å²) in [6.07, 6.45) is -1.73. The van der Waals surface area contributed by atoms with Gasteiger partial charge >= 0.3 is 11.9 Å². The normalized spacial score (nSPS) is 12.5. The molecule has 0 saturated carbocycles. The first-order chi connectivity index (χ1) is 9.90. The first-order valence-corrected chi connectivity index (χ1v) is 7.44. The number of ether oxygens (including phenoxy) is 2. The lowest BCUT2D eigenvalue weighted by atomic mass is 10.2. The third kappa shape index (κ3) is 5.16. The molecule has 0 aliphatic carbocycles. The van der Waals surface area contributed by atoms with Crippen molar-refractivity contribution in [1.29, 1.82) is 0 Å². The van der Waals surface area contributed by atoms with Gasteiger partial charge < -0.3 is 9.47 Å². The maximum atomic E-state index is 12.0. The first-order valence-electron chi connectivity index (χ1n) is 6.03. The molecule has 0 N–H and O–H groups in total. The molecule has 0 saturated heterocycles. The number of hydrogen-bond acceptors (Lipinski definition) is 7. The Morgan fingerprint density at radius 2 is 1.71 bits per heavy atom. The fourth-order valence-corrected chi connectivity index (χ4v) is 2.57. The number of hydrogen-bond donors (Lipinski definition) is 0. The maximum absolute atomic E-state index is 12.0. The van der Waals surface area contributed by atoms with Gasteiger partial charge in [0.2, 0.25) is 0 Å². The number of carbonyl (C=O) groups excluding carboxylic acids is 2. The largest absolute Gasteiger partial charge is 0.469 e. The third-order valence-corrected chi connectivity index (χ3v) is 3.91. The first kappa shape index (κ1) is 17.1. The zero-order valence-corrected chi connectivity index (χ0v) is 12.5. The van der Waals surface area contributed by atoms with E-state index in [9.17, 15) is 18.0 Å². The topological polar surface area (TPSA) is 96.0 Å². The molecule has 0 aliphatic rings. The van der Waals surface area contributed by atoms with Crippen LogP contribution in [0.5, 0.6) is 0 Å². The Bertz CT molecular complexity index is 580. The van der Waals surface area contributed by atoms with Crippen molar-refractivity contribution >= 4 is 22.1 Å². The molecule has 1 aromatic rings. The van der Waals surface area contributed by atoms with Gasteiger partial charge in [-0.15, -0.1) is 0 Å². The van der Waals surface area contributed by atoms with E-state index in [0.29, 0.717) is 0 Å². The second-order valence-corrected chi connectivity index (χ2v) is 5.56. The monoisotopic (exact) mass is 316 g/mol. The van der Waals surface area contributed by atoms with E-state index in [1.165, 1.54) is 31.4 Å². The lowest BCUT2D eigenvalue weighted by Gasteiger charge is -2.14. The summed E-state index contributed by atoms with van der Waals surface area (Å²) in [5.41, 5.74) is 0. The summed E-state index contributed by atoms with van der Waals surface area (Å²) >= 11 is 0. The molecule has 0 fully saturated rings. The van der Waals surface area contributed by atoms with E-state index in [-0.39, 0.29) is 17.7 Å². The number of rotatable bonds is 7. The minimum absolute atomic E-state index is 0.0861. The minimum Gasteiger partial charge on any atom is -0.469 e. The number of benzene rings is 1. The predicted molar refractivity (Wildman–Crippen MR) is 71.8 cm³/mol. The molecule has 0 heterocycles. The van der Waals surface area contributed by atoms with E-state index in [4.69, 9.17) is 4.18 Å². The SMILES string of the molecule is COC(=O)CCC(OS(=O)(=O)c1ccccc1)C(=O)OC. The Balaban J connectivity index is 2.85. The van der Waals surface area contributed by atoms with Gasteiger partial charge in [-0.3, -0.25) is 8.98 Å². The highest BCUT2D eigenvalue weighted by Gasteiger charge is 2.28. The summed E-state index contributed by atoms with van der Waals surface area (Å²) in [6, 6.07) is 7.37. The standard InChI is InChI=1S/C13H16O7S/c1-18-12(14)9-8-11(13(15)19-2)20-21(16,17)10-6-4-3-5-7-10/h3-7,11H,8-9H2,1-2H3. The average Bonchev–Trinajstić information content (AvgIpc) is 2.51. The van der Waals surface area contributed by atoms with Crippen LogP contribution in [0, 0.1) is 0 Å². The van der Waals surface area contributed by atoms with Gasteiger partial charge in [-0.1, -0.05) is 18.2 Å². The molecule has 0 spiro atoms. The molecule has 116 valence electrons. The highest BCUT2D eigenvalue weighted by Crippen LogP contribution is 2.17. The van der Waals surface area contributed by atoms with Crippen molar-refractivity contribution in [2.75, 3.05) is 14.2 Å². The summed E-state index contributed by atoms with van der Waals surface area (Å²) in [5, 5.41) is 0. The maximum Gasteiger partial charge on any atom is 0.336 e. The Hall–Kier alpha value is -1.93. The number of methoxy groups -OCH3 is 2. The van der Waals surface area contributed by atoms with Crippen molar-refractivity contribution in [3.05, 3.63) is 30.3 Å². The molecule has 1 rings (SSSR count). The fraction of sp³-hybridized carbons (Fsp3) is 0.385. The molecule has 1 atom stereocenters. The van der Waals surface area contributed by atoms with Crippen LogP contribution in [-0.4, -0.2) is 40.7 Å². The van der Waals surface area contributed by atoms with E-state index >= 15 is 0 Å². The lowest BCUT2D eigenvalue weighted by Crippen LogP contribution is -2.29. The van der Waals surface area contributed by atoms with E-state index < -0.39 is 28.2 Å². The lowest BCUT2D eigenvalue weighted by molar-refractivity contribution is -0.150. The number of carbonyl (C=O) groups is 2. The van der Waals surface area contributed by atoms with Crippen molar-refractivity contribution in [3.8, 4) is 0 Å². The zero-order chi connectivity index (χ0) is 15.9. The molecular formula is C13H16O7S. The van der Waals surface area contributed by atoms with Crippen molar-refractivity contribution in [3.63, 3.8) is 0 Å². The van der Waals surface area contributed by atoms with Gasteiger partial charge in [0.25, 0.3) is 10.1 Å². The van der Waals surface area contributed by atoms with Crippen LogP contribution >= 0.6 is 0 Å². The summed E-state index contributed by atoms with van der Waals surface area (Å²) < 4.78 is 37.8. The highest BCUT2D eigenvalue weighted by atomic mass is 32.2. The van der Waals surface area contributed by atoms with E-state index in [2.05, 4.69) is 9.47 Å². The average molecular weight is 316 g/mol. The van der Waals surface area contributed by atoms with Crippen molar-refractivity contribution < 1.29 is 31.7 Å². The van der Waals surface area contributed by atoms with Crippen LogP contribution in [0.2, 0.25) is 0 Å². The second kappa shape index (κ2) is 7.75. The van der Waals surface area contributed by atoms with Gasteiger partial charge in [0.15, 0.2) is 6.10 Å². The molecule has 0 aliphatic heterocycles. The van der Waals surface area contributed by atoms with Crippen molar-refractivity contribution in [2.24, 2.45) is 0 Å². The quantitative estimate of drug-likeness (QED) is 0.544. The van der Waals surface area contributed by atoms with E-state index in [1.807, 2.05) is 0 Å². The molecule has 7 nitrogen and oxygen atoms in total. The molecule has 0 radical (unpaired) electrons. The van der Waals surface area contributed by atoms with Gasteiger partial charge in [-0.05, 0) is 18.6 Å². The molecule has 8 heteroatoms. The summed E-state index contributed by atoms with van der Waals surface area (Å²) in [5.74, 6) is -1.46. The Morgan fingerprint density at radius 1 is 1.10 bits per heavy atom. The highest BCUT2D eigenvalue weighted by molar-refractivity contribution is 7.86. The van der Waals surface area contributed by atoms with Crippen LogP contribution in [-0.2, 0) is 33.4 Å². The van der Waals surface area contributed by atoms with Gasteiger partial charge in [0.05, 0.1) is 19.1 Å². The van der Waals surface area contributed by atoms with E-state index in [0.717, 1.165) is 7.11 Å². The molecule has 21 heavy (non-hydrogen) atoms. The molecule has 0 amide bonds. The van der Waals surface area contributed by atoms with Crippen LogP contribution in [0.1, 0.15) is 12.8 Å². The summed E-state index contributed by atoms with van der Waals surface area (Å²) in [6.45, 7) is 0. The van der Waals surface area contributed by atoms with Gasteiger partial charge in [-0.2, -0.15) is 8.42 Å². The van der Waals surface area contributed by atoms with Crippen LogP contribution < -0.4 is 0 Å². The Labute approximate surface area is 122 Å². The van der Waals surface area contributed by atoms with Crippen molar-refractivity contribution in [1.82, 2.24) is 0 Å². The van der Waals surface area contributed by atoms with Crippen molar-refractivity contribution in [2.45, 2.75) is 23.8 Å². The molecule has 0 aromatic heterocycles. The van der Waals surface area contributed by atoms with Crippen LogP contribution in [0.3, 0.4) is 0 Å². The Kier molecular flexibility index (Phi) is 6.32. The molecule has 0 bridgehead atoms. The van der Waals surface area contributed by atoms with Crippen LogP contribution in [0.15, 0.2) is 35.2 Å². The molecular weight excluding hydrogens is 300 g/mol. The smallest absolute Gasteiger partial charge is 0.336 e. The third-order valence-electron chi connectivity index (χ3n) is 2.58. The minimum atomic E-state index is -4.12. The molecule has 1 aromatic carbocycles. The van der Waals surface area contributed by atoms with Gasteiger partial charge in [-0.25, -0.2) is 4.79 Å².